The number of hydrogen-bond donors (Lipinski definition) is 1. The van der Waals surface area contributed by atoms with E-state index in [1.165, 1.54) is 11.0 Å². The number of anilines is 1. The van der Waals surface area contributed by atoms with E-state index in [4.69, 9.17) is 11.6 Å². The van der Waals surface area contributed by atoms with Gasteiger partial charge in [0.1, 0.15) is 12.6 Å². The number of aryl methyl sites for hydroxylation is 2. The van der Waals surface area contributed by atoms with Gasteiger partial charge in [-0.15, -0.1) is 0 Å². The Morgan fingerprint density at radius 1 is 0.923 bits per heavy atom. The third kappa shape index (κ3) is 8.57. The molecule has 9 heteroatoms. The Morgan fingerprint density at radius 3 is 2.15 bits per heavy atom. The van der Waals surface area contributed by atoms with E-state index in [2.05, 4.69) is 5.32 Å². The second-order valence-electron chi connectivity index (χ2n) is 10.1. The van der Waals surface area contributed by atoms with Crippen molar-refractivity contribution in [3.05, 3.63) is 100 Å². The van der Waals surface area contributed by atoms with Crippen LogP contribution in [0.3, 0.4) is 0 Å². The lowest BCUT2D eigenvalue weighted by atomic mass is 10.0. The summed E-state index contributed by atoms with van der Waals surface area (Å²) in [5, 5.41) is 3.30. The maximum atomic E-state index is 14.1. The monoisotopic (exact) mass is 569 g/mol. The number of carbonyl (C=O) groups is 2. The average Bonchev–Trinajstić information content (AvgIpc) is 2.86. The molecule has 0 fully saturated rings. The molecule has 3 aromatic rings. The van der Waals surface area contributed by atoms with E-state index in [9.17, 15) is 18.0 Å². The molecule has 0 aromatic heterocycles. The predicted octanol–water partition coefficient (Wildman–Crippen LogP) is 4.89. The smallest absolute Gasteiger partial charge is 0.244 e. The summed E-state index contributed by atoms with van der Waals surface area (Å²) < 4.78 is 26.9. The molecule has 2 amide bonds. The normalized spacial score (nSPS) is 12.2. The fourth-order valence-corrected chi connectivity index (χ4v) is 5.34. The average molecular weight is 570 g/mol. The maximum Gasteiger partial charge on any atom is 0.244 e. The van der Waals surface area contributed by atoms with Crippen molar-refractivity contribution < 1.29 is 18.0 Å². The lowest BCUT2D eigenvalue weighted by Crippen LogP contribution is -2.54. The van der Waals surface area contributed by atoms with Crippen LogP contribution >= 0.6 is 11.6 Å². The molecule has 7 nitrogen and oxygen atoms in total. The van der Waals surface area contributed by atoms with Gasteiger partial charge in [0, 0.05) is 24.0 Å². The number of amides is 2. The lowest BCUT2D eigenvalue weighted by molar-refractivity contribution is -0.140. The van der Waals surface area contributed by atoms with E-state index in [-0.39, 0.29) is 24.9 Å². The summed E-state index contributed by atoms with van der Waals surface area (Å²) in [6.07, 6.45) is 1.32. The first-order valence-electron chi connectivity index (χ1n) is 12.8. The molecule has 0 saturated heterocycles. The van der Waals surface area contributed by atoms with Gasteiger partial charge in [0.15, 0.2) is 0 Å². The summed E-state index contributed by atoms with van der Waals surface area (Å²) in [7, 11) is -3.86. The summed E-state index contributed by atoms with van der Waals surface area (Å²) in [5.74, 6) is -0.806. The highest BCUT2D eigenvalue weighted by Gasteiger charge is 2.33. The van der Waals surface area contributed by atoms with Gasteiger partial charge in [-0.3, -0.25) is 13.9 Å². The first kappa shape index (κ1) is 30.2. The summed E-state index contributed by atoms with van der Waals surface area (Å²) >= 11 is 6.19. The van der Waals surface area contributed by atoms with Crippen LogP contribution in [0.1, 0.15) is 36.1 Å². The van der Waals surface area contributed by atoms with E-state index >= 15 is 0 Å². The van der Waals surface area contributed by atoms with Gasteiger partial charge in [-0.05, 0) is 56.5 Å². The summed E-state index contributed by atoms with van der Waals surface area (Å²) in [6, 6.07) is 21.0. The molecule has 0 spiro atoms. The fraction of sp³-hybridized carbons (Fsp3) is 0.333. The Hall–Kier alpha value is -3.36. The number of benzene rings is 3. The highest BCUT2D eigenvalue weighted by molar-refractivity contribution is 7.92. The molecule has 0 bridgehead atoms. The van der Waals surface area contributed by atoms with Crippen molar-refractivity contribution in [2.24, 2.45) is 0 Å². The Morgan fingerprint density at radius 2 is 1.56 bits per heavy atom. The molecule has 0 aliphatic heterocycles. The van der Waals surface area contributed by atoms with Crippen molar-refractivity contribution in [1.82, 2.24) is 10.2 Å². The van der Waals surface area contributed by atoms with Crippen molar-refractivity contribution in [1.29, 1.82) is 0 Å². The van der Waals surface area contributed by atoms with E-state index in [1.54, 1.807) is 19.1 Å². The Labute approximate surface area is 236 Å². The molecule has 3 aromatic carbocycles. The number of carbonyl (C=O) groups excluding carboxylic acids is 2. The predicted molar refractivity (Wildman–Crippen MR) is 157 cm³/mol. The standard InChI is InChI=1S/C30H36ClN3O4S/c1-21(2)32-30(36)28(17-24-9-7-6-8-10-24)33(19-25-14-11-22(3)12-15-25)29(35)20-34(39(5,37)38)27-18-26(31)16-13-23(27)4/h6-16,18,21,28H,17,19-20H2,1-5H3,(H,32,36)/t28-/m0/s1. The van der Waals surface area contributed by atoms with Gasteiger partial charge in [0.05, 0.1) is 11.9 Å². The minimum absolute atomic E-state index is 0.133. The molecule has 39 heavy (non-hydrogen) atoms. The maximum absolute atomic E-state index is 14.1. The Balaban J connectivity index is 2.07. The molecule has 0 aliphatic carbocycles. The first-order valence-corrected chi connectivity index (χ1v) is 15.0. The van der Waals surface area contributed by atoms with Crippen LogP contribution in [0.2, 0.25) is 5.02 Å². The largest absolute Gasteiger partial charge is 0.352 e. The van der Waals surface area contributed by atoms with Crippen molar-refractivity contribution >= 4 is 39.1 Å². The number of hydrogen-bond acceptors (Lipinski definition) is 4. The van der Waals surface area contributed by atoms with Gasteiger partial charge >= 0.3 is 0 Å². The van der Waals surface area contributed by atoms with Crippen LogP contribution in [0.25, 0.3) is 0 Å². The van der Waals surface area contributed by atoms with Gasteiger partial charge < -0.3 is 10.2 Å². The topological polar surface area (TPSA) is 86.8 Å². The van der Waals surface area contributed by atoms with Crippen LogP contribution in [0.4, 0.5) is 5.69 Å². The zero-order valence-electron chi connectivity index (χ0n) is 23.0. The fourth-order valence-electron chi connectivity index (χ4n) is 4.27. The SMILES string of the molecule is Cc1ccc(CN(C(=O)CN(c2cc(Cl)ccc2C)S(C)(=O)=O)[C@@H](Cc2ccccc2)C(=O)NC(C)C)cc1. The number of rotatable bonds is 11. The molecular weight excluding hydrogens is 534 g/mol. The third-order valence-electron chi connectivity index (χ3n) is 6.29. The molecule has 208 valence electrons. The molecule has 3 rings (SSSR count). The van der Waals surface area contributed by atoms with Crippen molar-refractivity contribution in [3.63, 3.8) is 0 Å². The summed E-state index contributed by atoms with van der Waals surface area (Å²) in [4.78, 5) is 29.1. The second kappa shape index (κ2) is 13.1. The molecule has 0 unspecified atom stereocenters. The molecule has 0 heterocycles. The van der Waals surface area contributed by atoms with Crippen LogP contribution in [0, 0.1) is 13.8 Å². The number of sulfonamides is 1. The van der Waals surface area contributed by atoms with E-state index in [0.717, 1.165) is 27.3 Å². The van der Waals surface area contributed by atoms with E-state index in [1.807, 2.05) is 75.4 Å². The lowest BCUT2D eigenvalue weighted by Gasteiger charge is -2.34. The second-order valence-corrected chi connectivity index (χ2v) is 12.4. The highest BCUT2D eigenvalue weighted by atomic mass is 35.5. The molecule has 0 radical (unpaired) electrons. The Bertz CT molecular complexity index is 1390. The number of halogens is 1. The summed E-state index contributed by atoms with van der Waals surface area (Å²) in [6.45, 7) is 7.10. The van der Waals surface area contributed by atoms with Gasteiger partial charge in [-0.2, -0.15) is 0 Å². The third-order valence-corrected chi connectivity index (χ3v) is 7.66. The van der Waals surface area contributed by atoms with Crippen LogP contribution in [0.15, 0.2) is 72.8 Å². The van der Waals surface area contributed by atoms with E-state index in [0.29, 0.717) is 16.3 Å². The van der Waals surface area contributed by atoms with Crippen molar-refractivity contribution in [2.75, 3.05) is 17.1 Å². The quantitative estimate of drug-likeness (QED) is 0.356. The van der Waals surface area contributed by atoms with Crippen LogP contribution < -0.4 is 9.62 Å². The Kier molecular flexibility index (Phi) is 10.2. The van der Waals surface area contributed by atoms with Crippen LogP contribution in [0.5, 0.6) is 0 Å². The van der Waals surface area contributed by atoms with Crippen LogP contribution in [-0.4, -0.2) is 50.0 Å². The first-order chi connectivity index (χ1) is 18.3. The molecule has 0 saturated carbocycles. The highest BCUT2D eigenvalue weighted by Crippen LogP contribution is 2.27. The van der Waals surface area contributed by atoms with Gasteiger partial charge in [-0.1, -0.05) is 77.8 Å². The number of nitrogens with one attached hydrogen (secondary N) is 1. The van der Waals surface area contributed by atoms with Crippen molar-refractivity contribution in [2.45, 2.75) is 52.7 Å². The van der Waals surface area contributed by atoms with Gasteiger partial charge in [0.2, 0.25) is 21.8 Å². The summed E-state index contributed by atoms with van der Waals surface area (Å²) in [5.41, 5.74) is 3.75. The molecular formula is C30H36ClN3O4S. The minimum atomic E-state index is -3.86. The van der Waals surface area contributed by atoms with Crippen LogP contribution in [-0.2, 0) is 32.6 Å². The molecule has 0 aliphatic rings. The zero-order valence-corrected chi connectivity index (χ0v) is 24.6. The molecule has 1 N–H and O–H groups in total. The zero-order chi connectivity index (χ0) is 28.7. The van der Waals surface area contributed by atoms with Gasteiger partial charge in [-0.25, -0.2) is 8.42 Å². The van der Waals surface area contributed by atoms with E-state index < -0.39 is 28.5 Å². The number of nitrogens with zero attached hydrogens (tertiary/aromatic N) is 2. The van der Waals surface area contributed by atoms with Crippen molar-refractivity contribution in [3.8, 4) is 0 Å². The molecule has 1 atom stereocenters. The minimum Gasteiger partial charge on any atom is -0.352 e. The van der Waals surface area contributed by atoms with Gasteiger partial charge in [0.25, 0.3) is 0 Å².